The van der Waals surface area contributed by atoms with Crippen molar-refractivity contribution in [1.29, 1.82) is 15.8 Å². The van der Waals surface area contributed by atoms with E-state index < -0.39 is 11.7 Å². The molecule has 0 unspecified atom stereocenters. The maximum Gasteiger partial charge on any atom is 0.415 e. The van der Waals surface area contributed by atoms with Gasteiger partial charge in [0.05, 0.1) is 76.4 Å². The van der Waals surface area contributed by atoms with Gasteiger partial charge in [-0.1, -0.05) is 97.1 Å². The number of aromatic nitrogens is 2. The van der Waals surface area contributed by atoms with Gasteiger partial charge in [-0.05, 0) is 159 Å². The van der Waals surface area contributed by atoms with Crippen LogP contribution in [-0.2, 0) is 6.18 Å². The maximum atomic E-state index is 14.3. The van der Waals surface area contributed by atoms with Gasteiger partial charge in [0.1, 0.15) is 11.6 Å². The quantitative estimate of drug-likeness (QED) is 0.149. The normalized spacial score (nSPS) is 11.2. The summed E-state index contributed by atoms with van der Waals surface area (Å²) in [4.78, 5) is 11.0. The van der Waals surface area contributed by atoms with Crippen LogP contribution in [0.4, 0.5) is 30.2 Å². The highest BCUT2D eigenvalue weighted by atomic mass is 19.4. The molecule has 0 aliphatic carbocycles. The Morgan fingerprint density at radius 1 is 0.372 bits per heavy atom. The molecule has 11 heteroatoms. The van der Waals surface area contributed by atoms with E-state index in [2.05, 4.69) is 32.7 Å². The summed E-state index contributed by atoms with van der Waals surface area (Å²) in [6.45, 7) is 23.7. The number of rotatable bonds is 7. The van der Waals surface area contributed by atoms with E-state index >= 15 is 0 Å². The van der Waals surface area contributed by atoms with Crippen LogP contribution in [0.1, 0.15) is 22.3 Å². The van der Waals surface area contributed by atoms with Crippen LogP contribution in [0.5, 0.6) is 0 Å². The van der Waals surface area contributed by atoms with E-state index in [1.54, 1.807) is 36.4 Å². The lowest BCUT2D eigenvalue weighted by atomic mass is 9.97. The summed E-state index contributed by atoms with van der Waals surface area (Å²) >= 11 is 0. The van der Waals surface area contributed by atoms with Crippen molar-refractivity contribution in [3.8, 4) is 85.2 Å². The number of hydrogen-bond donors (Lipinski definition) is 0. The minimum absolute atomic E-state index is 0.215. The molecule has 0 spiro atoms. The molecular weight excluding hydrogens is 974 g/mol. The van der Waals surface area contributed by atoms with Gasteiger partial charge in [-0.25, -0.2) is 14.5 Å². The number of nitriles is 3. The highest BCUT2D eigenvalue weighted by molar-refractivity contribution is 6.14. The molecule has 0 bridgehead atoms. The molecule has 78 heavy (non-hydrogen) atoms. The van der Waals surface area contributed by atoms with Gasteiger partial charge in [0.2, 0.25) is 0 Å². The molecule has 0 atom stereocenters. The molecule has 0 fully saturated rings. The molecular formula is C67H33F3N8. The third-order valence-electron chi connectivity index (χ3n) is 14.2. The zero-order valence-electron chi connectivity index (χ0n) is 40.8. The van der Waals surface area contributed by atoms with E-state index in [0.29, 0.717) is 61.5 Å². The summed E-state index contributed by atoms with van der Waals surface area (Å²) in [7, 11) is 0. The topological polar surface area (TPSA) is 94.3 Å². The van der Waals surface area contributed by atoms with Crippen molar-refractivity contribution in [2.75, 3.05) is 0 Å². The molecule has 12 aromatic rings. The van der Waals surface area contributed by atoms with E-state index in [1.807, 2.05) is 155 Å². The first-order valence-electron chi connectivity index (χ1n) is 24.3. The summed E-state index contributed by atoms with van der Waals surface area (Å²) < 4.78 is 46.9. The van der Waals surface area contributed by atoms with Crippen molar-refractivity contribution < 1.29 is 13.2 Å². The lowest BCUT2D eigenvalue weighted by Crippen LogP contribution is -2.06. The standard InChI is InChI=1S/C67H33F3N8/c1-74-52-14-6-12-44(28-52)48-18-24-63-57(32-48)58-33-49(45-13-7-15-53(29-45)75-2)19-25-64(58)78(63)66-35-50(54-21-20-51(67(68,69)70)36-60(54)76-3)34-65(59(66)39-73)77-61-22-16-46(42-10-4-8-40(26-42)37-71)30-55(61)56-31-47(17-23-62(56)77)43-11-5-9-41(27-43)38-72/h4-36H. The number of nitrogens with zero attached hydrogens (tertiary/aromatic N) is 8. The summed E-state index contributed by atoms with van der Waals surface area (Å²) in [6, 6.07) is 66.7. The van der Waals surface area contributed by atoms with Crippen molar-refractivity contribution in [2.24, 2.45) is 0 Å². The van der Waals surface area contributed by atoms with E-state index in [9.17, 15) is 29.0 Å². The first kappa shape index (κ1) is 47.5. The van der Waals surface area contributed by atoms with Crippen LogP contribution in [0, 0.1) is 53.7 Å². The second-order valence-corrected chi connectivity index (χ2v) is 18.7. The number of fused-ring (bicyclic) bond motifs is 6. The van der Waals surface area contributed by atoms with Gasteiger partial charge in [-0.3, -0.25) is 0 Å². The zero-order valence-corrected chi connectivity index (χ0v) is 40.8. The highest BCUT2D eigenvalue weighted by Crippen LogP contribution is 2.46. The fraction of sp³-hybridized carbons (Fsp3) is 0.0149. The molecule has 0 aliphatic heterocycles. The summed E-state index contributed by atoms with van der Waals surface area (Å²) in [6.07, 6.45) is -4.72. The number of alkyl halides is 3. The Balaban J connectivity index is 1.20. The third kappa shape index (κ3) is 8.08. The van der Waals surface area contributed by atoms with Crippen molar-refractivity contribution in [3.63, 3.8) is 0 Å². The monoisotopic (exact) mass is 1010 g/mol. The van der Waals surface area contributed by atoms with Crippen LogP contribution in [0.15, 0.2) is 200 Å². The minimum Gasteiger partial charge on any atom is -0.308 e. The Kier molecular flexibility index (Phi) is 11.4. The Labute approximate surface area is 444 Å². The van der Waals surface area contributed by atoms with Crippen LogP contribution in [0.2, 0.25) is 0 Å². The Morgan fingerprint density at radius 2 is 0.756 bits per heavy atom. The fourth-order valence-electron chi connectivity index (χ4n) is 10.6. The van der Waals surface area contributed by atoms with Gasteiger partial charge in [0.15, 0.2) is 17.1 Å². The van der Waals surface area contributed by atoms with E-state index in [1.165, 1.54) is 6.07 Å². The van der Waals surface area contributed by atoms with Crippen LogP contribution in [-0.4, -0.2) is 9.13 Å². The van der Waals surface area contributed by atoms with Crippen LogP contribution in [0.3, 0.4) is 0 Å². The third-order valence-corrected chi connectivity index (χ3v) is 14.2. The molecule has 0 aliphatic rings. The number of benzene rings is 10. The maximum absolute atomic E-state index is 14.3. The van der Waals surface area contributed by atoms with Gasteiger partial charge >= 0.3 is 6.18 Å². The first-order valence-corrected chi connectivity index (χ1v) is 24.3. The van der Waals surface area contributed by atoms with Crippen molar-refractivity contribution in [1.82, 2.24) is 9.13 Å². The van der Waals surface area contributed by atoms with Crippen molar-refractivity contribution in [2.45, 2.75) is 6.18 Å². The predicted octanol–water partition coefficient (Wildman–Crippen LogP) is 18.5. The lowest BCUT2D eigenvalue weighted by Gasteiger charge is -2.19. The van der Waals surface area contributed by atoms with Gasteiger partial charge < -0.3 is 9.13 Å². The molecule has 12 rings (SSSR count). The minimum atomic E-state index is -4.72. The molecule has 0 radical (unpaired) electrons. The summed E-state index contributed by atoms with van der Waals surface area (Å²) in [5.74, 6) is 0. The largest absolute Gasteiger partial charge is 0.415 e. The molecule has 2 aromatic heterocycles. The molecule has 2 heterocycles. The lowest BCUT2D eigenvalue weighted by molar-refractivity contribution is -0.137. The molecule has 8 nitrogen and oxygen atoms in total. The van der Waals surface area contributed by atoms with Gasteiger partial charge in [0, 0.05) is 27.1 Å². The average molecular weight is 1010 g/mol. The van der Waals surface area contributed by atoms with Crippen molar-refractivity contribution in [3.05, 3.63) is 257 Å². The Bertz CT molecular complexity index is 4330. The first-order chi connectivity index (χ1) is 38.0. The van der Waals surface area contributed by atoms with Crippen molar-refractivity contribution >= 4 is 60.7 Å². The molecule has 0 amide bonds. The van der Waals surface area contributed by atoms with Gasteiger partial charge in [0.25, 0.3) is 0 Å². The Morgan fingerprint density at radius 3 is 1.12 bits per heavy atom. The molecule has 0 N–H and O–H groups in total. The second-order valence-electron chi connectivity index (χ2n) is 18.7. The molecule has 0 saturated carbocycles. The smallest absolute Gasteiger partial charge is 0.308 e. The van der Waals surface area contributed by atoms with Crippen LogP contribution >= 0.6 is 0 Å². The highest BCUT2D eigenvalue weighted by Gasteiger charge is 2.32. The summed E-state index contributed by atoms with van der Waals surface area (Å²) in [5, 5.41) is 34.6. The molecule has 362 valence electrons. The zero-order chi connectivity index (χ0) is 53.8. The predicted molar refractivity (Wildman–Crippen MR) is 300 cm³/mol. The summed E-state index contributed by atoms with van der Waals surface area (Å²) in [5.41, 5.74) is 11.6. The van der Waals surface area contributed by atoms with E-state index in [0.717, 1.165) is 78.2 Å². The average Bonchev–Trinajstić information content (AvgIpc) is 4.03. The van der Waals surface area contributed by atoms with E-state index in [4.69, 9.17) is 19.7 Å². The van der Waals surface area contributed by atoms with Crippen LogP contribution < -0.4 is 0 Å². The van der Waals surface area contributed by atoms with E-state index in [-0.39, 0.29) is 16.8 Å². The second kappa shape index (κ2) is 18.8. The van der Waals surface area contributed by atoms with Crippen LogP contribution in [0.25, 0.3) is 125 Å². The fourth-order valence-corrected chi connectivity index (χ4v) is 10.6. The van der Waals surface area contributed by atoms with Gasteiger partial charge in [-0.15, -0.1) is 0 Å². The number of halogens is 3. The molecule has 10 aromatic carbocycles. The molecule has 0 saturated heterocycles. The number of hydrogen-bond acceptors (Lipinski definition) is 3. The van der Waals surface area contributed by atoms with Gasteiger partial charge in [-0.2, -0.15) is 29.0 Å². The Hall–Kier alpha value is -11.5. The SMILES string of the molecule is [C-]#[N+]c1cccc(-c2ccc3c(c2)c2cc(-c4cccc([N+]#[C-])c4)ccc2n3-c2cc(-c3ccc(C(F)(F)F)cc3[N+]#[C-])cc(-n3c4ccc(-c5cccc(C#N)c5)cc4c4cc(-c5cccc(C#N)c5)ccc43)c2C#N)c1.